The number of non-ortho nitro benzene ring substituents is 1. The third-order valence-electron chi connectivity index (χ3n) is 2.84. The zero-order chi connectivity index (χ0) is 15.6. The zero-order valence-corrected chi connectivity index (χ0v) is 11.3. The van der Waals surface area contributed by atoms with Gasteiger partial charge in [0.2, 0.25) is 0 Å². The maximum absolute atomic E-state index is 12.1. The Morgan fingerprint density at radius 2 is 2.24 bits per heavy atom. The molecule has 8 nitrogen and oxygen atoms in total. The highest BCUT2D eigenvalue weighted by Gasteiger charge is 2.16. The van der Waals surface area contributed by atoms with Gasteiger partial charge in [-0.1, -0.05) is 0 Å². The predicted molar refractivity (Wildman–Crippen MR) is 73.7 cm³/mol. The Bertz CT molecular complexity index is 773. The molecule has 0 aliphatic heterocycles. The van der Waals surface area contributed by atoms with Crippen LogP contribution in [0.1, 0.15) is 21.6 Å². The molecule has 1 N–H and O–H groups in total. The standard InChI is InChI=1S/C13H11N5O3/c1-8-11(7-17(2)16-8)13(19)15-12-4-3-10(18(20)21)5-9(12)6-14/h3-5,7H,1-2H3,(H,15,19). The number of rotatable bonds is 3. The first kappa shape index (κ1) is 14.2. The van der Waals surface area contributed by atoms with E-state index >= 15 is 0 Å². The van der Waals surface area contributed by atoms with Crippen LogP contribution >= 0.6 is 0 Å². The van der Waals surface area contributed by atoms with Crippen LogP contribution in [0.5, 0.6) is 0 Å². The second-order valence-electron chi connectivity index (χ2n) is 4.35. The monoisotopic (exact) mass is 285 g/mol. The number of nitro benzene ring substituents is 1. The third kappa shape index (κ3) is 2.87. The Kier molecular flexibility index (Phi) is 3.67. The molecule has 0 spiro atoms. The van der Waals surface area contributed by atoms with Crippen molar-refractivity contribution in [3.05, 3.63) is 51.3 Å². The van der Waals surface area contributed by atoms with Gasteiger partial charge in [0.15, 0.2) is 0 Å². The normalized spacial score (nSPS) is 9.95. The van der Waals surface area contributed by atoms with Crippen molar-refractivity contribution < 1.29 is 9.72 Å². The van der Waals surface area contributed by atoms with Crippen LogP contribution in [-0.4, -0.2) is 20.6 Å². The minimum absolute atomic E-state index is 0.0269. The summed E-state index contributed by atoms with van der Waals surface area (Å²) in [5, 5.41) is 26.3. The van der Waals surface area contributed by atoms with Crippen molar-refractivity contribution in [2.75, 3.05) is 5.32 Å². The molecule has 2 rings (SSSR count). The number of aryl methyl sites for hydroxylation is 2. The Balaban J connectivity index is 2.32. The lowest BCUT2D eigenvalue weighted by Crippen LogP contribution is -2.13. The van der Waals surface area contributed by atoms with E-state index in [9.17, 15) is 14.9 Å². The lowest BCUT2D eigenvalue weighted by molar-refractivity contribution is -0.384. The maximum Gasteiger partial charge on any atom is 0.270 e. The van der Waals surface area contributed by atoms with Crippen LogP contribution in [0.15, 0.2) is 24.4 Å². The molecule has 0 fully saturated rings. The van der Waals surface area contributed by atoms with Crippen molar-refractivity contribution in [3.63, 3.8) is 0 Å². The maximum atomic E-state index is 12.1. The molecule has 1 amide bonds. The number of hydrogen-bond acceptors (Lipinski definition) is 5. The van der Waals surface area contributed by atoms with Gasteiger partial charge in [-0.2, -0.15) is 10.4 Å². The first-order chi connectivity index (χ1) is 9.92. The van der Waals surface area contributed by atoms with Crippen molar-refractivity contribution in [2.45, 2.75) is 6.92 Å². The minimum Gasteiger partial charge on any atom is -0.321 e. The molecule has 0 bridgehead atoms. The SMILES string of the molecule is Cc1nn(C)cc1C(=O)Nc1ccc([N+](=O)[O-])cc1C#N. The van der Waals surface area contributed by atoms with Gasteiger partial charge in [0.25, 0.3) is 11.6 Å². The summed E-state index contributed by atoms with van der Waals surface area (Å²) in [6.07, 6.45) is 1.56. The van der Waals surface area contributed by atoms with Crippen LogP contribution in [0.4, 0.5) is 11.4 Å². The summed E-state index contributed by atoms with van der Waals surface area (Å²) in [6.45, 7) is 1.69. The number of nitro groups is 1. The van der Waals surface area contributed by atoms with E-state index in [-0.39, 0.29) is 16.9 Å². The Morgan fingerprint density at radius 1 is 1.52 bits per heavy atom. The average molecular weight is 285 g/mol. The molecule has 1 heterocycles. The number of nitrogens with one attached hydrogen (secondary N) is 1. The summed E-state index contributed by atoms with van der Waals surface area (Å²) in [4.78, 5) is 22.2. The lowest BCUT2D eigenvalue weighted by Gasteiger charge is -2.06. The Hall–Kier alpha value is -3.21. The summed E-state index contributed by atoms with van der Waals surface area (Å²) >= 11 is 0. The summed E-state index contributed by atoms with van der Waals surface area (Å²) in [6, 6.07) is 5.51. The number of carbonyl (C=O) groups excluding carboxylic acids is 1. The summed E-state index contributed by atoms with van der Waals surface area (Å²) in [5.74, 6) is -0.425. The number of benzene rings is 1. The van der Waals surface area contributed by atoms with Crippen molar-refractivity contribution in [3.8, 4) is 6.07 Å². The summed E-state index contributed by atoms with van der Waals surface area (Å²) < 4.78 is 1.51. The molecule has 0 unspecified atom stereocenters. The Morgan fingerprint density at radius 3 is 2.76 bits per heavy atom. The van der Waals surface area contributed by atoms with Crippen LogP contribution in [0.25, 0.3) is 0 Å². The van der Waals surface area contributed by atoms with Gasteiger partial charge in [0.05, 0.1) is 27.4 Å². The summed E-state index contributed by atoms with van der Waals surface area (Å²) in [7, 11) is 1.69. The van der Waals surface area contributed by atoms with Gasteiger partial charge in [0, 0.05) is 25.4 Å². The predicted octanol–water partition coefficient (Wildman–Crippen LogP) is 1.76. The van der Waals surface area contributed by atoms with Crippen molar-refractivity contribution in [1.29, 1.82) is 5.26 Å². The highest BCUT2D eigenvalue weighted by atomic mass is 16.6. The zero-order valence-electron chi connectivity index (χ0n) is 11.3. The summed E-state index contributed by atoms with van der Waals surface area (Å²) in [5.41, 5.74) is 0.965. The van der Waals surface area contributed by atoms with Gasteiger partial charge in [-0.15, -0.1) is 0 Å². The van der Waals surface area contributed by atoms with E-state index in [1.165, 1.54) is 16.8 Å². The van der Waals surface area contributed by atoms with E-state index in [4.69, 9.17) is 5.26 Å². The molecule has 0 saturated heterocycles. The molecule has 1 aromatic heterocycles. The van der Waals surface area contributed by atoms with Gasteiger partial charge >= 0.3 is 0 Å². The van der Waals surface area contributed by atoms with E-state index < -0.39 is 10.8 Å². The molecule has 0 radical (unpaired) electrons. The number of amides is 1. The number of carbonyl (C=O) groups is 1. The van der Waals surface area contributed by atoms with Crippen LogP contribution in [0, 0.1) is 28.4 Å². The van der Waals surface area contributed by atoms with Gasteiger partial charge in [-0.25, -0.2) is 0 Å². The van der Waals surface area contributed by atoms with Crippen molar-refractivity contribution >= 4 is 17.3 Å². The van der Waals surface area contributed by atoms with Crippen molar-refractivity contribution in [2.24, 2.45) is 7.05 Å². The number of nitrogens with zero attached hydrogens (tertiary/aromatic N) is 4. The topological polar surface area (TPSA) is 114 Å². The van der Waals surface area contributed by atoms with E-state index in [0.29, 0.717) is 11.3 Å². The molecule has 0 aliphatic carbocycles. The van der Waals surface area contributed by atoms with E-state index in [2.05, 4.69) is 10.4 Å². The molecule has 2 aromatic rings. The highest BCUT2D eigenvalue weighted by Crippen LogP contribution is 2.22. The average Bonchev–Trinajstić information content (AvgIpc) is 2.78. The van der Waals surface area contributed by atoms with Gasteiger partial charge in [0.1, 0.15) is 6.07 Å². The quantitative estimate of drug-likeness (QED) is 0.681. The van der Waals surface area contributed by atoms with Crippen LogP contribution in [0.3, 0.4) is 0 Å². The number of nitriles is 1. The molecular weight excluding hydrogens is 274 g/mol. The van der Waals surface area contributed by atoms with E-state index in [1.807, 2.05) is 6.07 Å². The first-order valence-electron chi connectivity index (χ1n) is 5.92. The largest absolute Gasteiger partial charge is 0.321 e. The molecular formula is C13H11N5O3. The molecule has 1 aromatic carbocycles. The fourth-order valence-corrected chi connectivity index (χ4v) is 1.86. The van der Waals surface area contributed by atoms with Crippen LogP contribution in [-0.2, 0) is 7.05 Å². The molecule has 21 heavy (non-hydrogen) atoms. The van der Waals surface area contributed by atoms with Gasteiger partial charge in [-0.3, -0.25) is 19.6 Å². The van der Waals surface area contributed by atoms with E-state index in [0.717, 1.165) is 6.07 Å². The number of hydrogen-bond donors (Lipinski definition) is 1. The fourth-order valence-electron chi connectivity index (χ4n) is 1.86. The highest BCUT2D eigenvalue weighted by molar-refractivity contribution is 6.05. The molecule has 0 atom stereocenters. The first-order valence-corrected chi connectivity index (χ1v) is 5.92. The van der Waals surface area contributed by atoms with Gasteiger partial charge < -0.3 is 5.32 Å². The second-order valence-corrected chi connectivity index (χ2v) is 4.35. The van der Waals surface area contributed by atoms with Gasteiger partial charge in [-0.05, 0) is 13.0 Å². The minimum atomic E-state index is -0.599. The Labute approximate surface area is 119 Å². The second kappa shape index (κ2) is 5.42. The van der Waals surface area contributed by atoms with Crippen LogP contribution in [0.2, 0.25) is 0 Å². The molecule has 8 heteroatoms. The molecule has 106 valence electrons. The van der Waals surface area contributed by atoms with E-state index in [1.54, 1.807) is 20.2 Å². The van der Waals surface area contributed by atoms with Crippen LogP contribution < -0.4 is 5.32 Å². The third-order valence-corrected chi connectivity index (χ3v) is 2.84. The molecule has 0 aliphatic rings. The lowest BCUT2D eigenvalue weighted by atomic mass is 10.1. The number of aromatic nitrogens is 2. The fraction of sp³-hybridized carbons (Fsp3) is 0.154. The van der Waals surface area contributed by atoms with Crippen molar-refractivity contribution in [1.82, 2.24) is 9.78 Å². The molecule has 0 saturated carbocycles. The smallest absolute Gasteiger partial charge is 0.270 e. The number of anilines is 1.